The number of ether oxygens (including phenoxy) is 1. The van der Waals surface area contributed by atoms with Crippen molar-refractivity contribution >= 4 is 22.7 Å². The molecule has 0 aliphatic heterocycles. The highest BCUT2D eigenvalue weighted by molar-refractivity contribution is 5.99. The molecule has 0 bridgehead atoms. The summed E-state index contributed by atoms with van der Waals surface area (Å²) in [6.45, 7) is 2.44. The third-order valence-electron chi connectivity index (χ3n) is 3.55. The molecule has 1 aromatic heterocycles. The average Bonchev–Trinajstić information content (AvgIpc) is 2.66. The van der Waals surface area contributed by atoms with Crippen LogP contribution in [0, 0.1) is 0 Å². The molecule has 6 heteroatoms. The van der Waals surface area contributed by atoms with Crippen LogP contribution in [-0.4, -0.2) is 23.4 Å². The Hall–Kier alpha value is -3.41. The number of carbonyl (C=O) groups excluding carboxylic acids is 2. The standard InChI is InChI=1S/C19H17N3O3/c1-2-25-15-10-7-14(8-11-15)18(23)21-22-19(24)17-12-9-13-5-3-4-6-16(13)20-17/h3-12H,2H2,1H3,(H,21,23)(H,22,24). The number of para-hydroxylation sites is 1. The predicted octanol–water partition coefficient (Wildman–Crippen LogP) is 2.71. The minimum absolute atomic E-state index is 0.227. The number of rotatable bonds is 4. The van der Waals surface area contributed by atoms with Crippen LogP contribution in [0.3, 0.4) is 0 Å². The zero-order valence-electron chi connectivity index (χ0n) is 13.7. The van der Waals surface area contributed by atoms with E-state index >= 15 is 0 Å². The lowest BCUT2D eigenvalue weighted by molar-refractivity contribution is 0.0844. The third kappa shape index (κ3) is 3.92. The highest BCUT2D eigenvalue weighted by Crippen LogP contribution is 2.12. The van der Waals surface area contributed by atoms with Crippen LogP contribution in [0.4, 0.5) is 0 Å². The molecule has 2 N–H and O–H groups in total. The zero-order chi connectivity index (χ0) is 17.6. The van der Waals surface area contributed by atoms with Crippen LogP contribution in [0.5, 0.6) is 5.75 Å². The Morgan fingerprint density at radius 3 is 2.40 bits per heavy atom. The Balaban J connectivity index is 1.63. The molecule has 0 fully saturated rings. The topological polar surface area (TPSA) is 80.3 Å². The van der Waals surface area contributed by atoms with Gasteiger partial charge in [-0.05, 0) is 43.3 Å². The molecule has 0 radical (unpaired) electrons. The van der Waals surface area contributed by atoms with Crippen molar-refractivity contribution in [3.63, 3.8) is 0 Å². The second-order valence-corrected chi connectivity index (χ2v) is 5.25. The fraction of sp³-hybridized carbons (Fsp3) is 0.105. The van der Waals surface area contributed by atoms with Gasteiger partial charge in [-0.2, -0.15) is 0 Å². The number of nitrogens with zero attached hydrogens (tertiary/aromatic N) is 1. The van der Waals surface area contributed by atoms with Gasteiger partial charge in [0, 0.05) is 10.9 Å². The molecular weight excluding hydrogens is 318 g/mol. The molecule has 2 amide bonds. The largest absolute Gasteiger partial charge is 0.494 e. The van der Waals surface area contributed by atoms with E-state index in [0.29, 0.717) is 23.4 Å². The van der Waals surface area contributed by atoms with Crippen LogP contribution in [0.2, 0.25) is 0 Å². The van der Waals surface area contributed by atoms with Crippen molar-refractivity contribution in [1.82, 2.24) is 15.8 Å². The van der Waals surface area contributed by atoms with Crippen LogP contribution in [-0.2, 0) is 0 Å². The normalized spacial score (nSPS) is 10.3. The van der Waals surface area contributed by atoms with Crippen LogP contribution < -0.4 is 15.6 Å². The van der Waals surface area contributed by atoms with E-state index in [0.717, 1.165) is 5.39 Å². The van der Waals surface area contributed by atoms with Crippen molar-refractivity contribution in [3.05, 3.63) is 71.9 Å². The molecular formula is C19H17N3O3. The van der Waals surface area contributed by atoms with E-state index in [4.69, 9.17) is 4.74 Å². The molecule has 0 spiro atoms. The quantitative estimate of drug-likeness (QED) is 0.719. The minimum Gasteiger partial charge on any atom is -0.494 e. The molecule has 0 aliphatic rings. The van der Waals surface area contributed by atoms with Crippen LogP contribution in [0.1, 0.15) is 27.8 Å². The highest BCUT2D eigenvalue weighted by Gasteiger charge is 2.11. The first kappa shape index (κ1) is 16.4. The zero-order valence-corrected chi connectivity index (χ0v) is 13.7. The number of carbonyl (C=O) groups is 2. The highest BCUT2D eigenvalue weighted by atomic mass is 16.5. The van der Waals surface area contributed by atoms with Crippen molar-refractivity contribution in [2.45, 2.75) is 6.92 Å². The van der Waals surface area contributed by atoms with Crippen LogP contribution in [0.15, 0.2) is 60.7 Å². The van der Waals surface area contributed by atoms with Gasteiger partial charge in [0.2, 0.25) is 0 Å². The molecule has 6 nitrogen and oxygen atoms in total. The Morgan fingerprint density at radius 1 is 0.920 bits per heavy atom. The van der Waals surface area contributed by atoms with E-state index in [2.05, 4.69) is 15.8 Å². The summed E-state index contributed by atoms with van der Waals surface area (Å²) in [6.07, 6.45) is 0. The number of pyridine rings is 1. The first-order valence-electron chi connectivity index (χ1n) is 7.86. The SMILES string of the molecule is CCOc1ccc(C(=O)NNC(=O)c2ccc3ccccc3n2)cc1. The molecule has 2 aromatic carbocycles. The Bertz CT molecular complexity index is 907. The predicted molar refractivity (Wildman–Crippen MR) is 94.3 cm³/mol. The van der Waals surface area contributed by atoms with Crippen molar-refractivity contribution in [3.8, 4) is 5.75 Å². The summed E-state index contributed by atoms with van der Waals surface area (Å²) in [5.41, 5.74) is 6.10. The molecule has 3 rings (SSSR count). The monoisotopic (exact) mass is 335 g/mol. The van der Waals surface area contributed by atoms with Gasteiger partial charge in [-0.15, -0.1) is 0 Å². The Kier molecular flexibility index (Phi) is 4.89. The summed E-state index contributed by atoms with van der Waals surface area (Å²) >= 11 is 0. The Labute approximate surface area is 144 Å². The molecule has 25 heavy (non-hydrogen) atoms. The van der Waals surface area contributed by atoms with E-state index in [9.17, 15) is 9.59 Å². The van der Waals surface area contributed by atoms with Crippen LogP contribution >= 0.6 is 0 Å². The van der Waals surface area contributed by atoms with Gasteiger partial charge in [0.1, 0.15) is 11.4 Å². The van der Waals surface area contributed by atoms with E-state index in [1.54, 1.807) is 30.3 Å². The van der Waals surface area contributed by atoms with Crippen molar-refractivity contribution in [2.24, 2.45) is 0 Å². The van der Waals surface area contributed by atoms with Gasteiger partial charge in [0.25, 0.3) is 11.8 Å². The van der Waals surface area contributed by atoms with Crippen molar-refractivity contribution in [2.75, 3.05) is 6.61 Å². The fourth-order valence-corrected chi connectivity index (χ4v) is 2.31. The first-order chi connectivity index (χ1) is 12.2. The van der Waals surface area contributed by atoms with Gasteiger partial charge >= 0.3 is 0 Å². The lowest BCUT2D eigenvalue weighted by atomic mass is 10.2. The smallest absolute Gasteiger partial charge is 0.288 e. The summed E-state index contributed by atoms with van der Waals surface area (Å²) < 4.78 is 5.32. The molecule has 0 saturated carbocycles. The molecule has 0 unspecified atom stereocenters. The van der Waals surface area contributed by atoms with Gasteiger partial charge < -0.3 is 4.74 Å². The van der Waals surface area contributed by atoms with Gasteiger partial charge in [0.15, 0.2) is 0 Å². The lowest BCUT2D eigenvalue weighted by Gasteiger charge is -2.08. The summed E-state index contributed by atoms with van der Waals surface area (Å²) in [5.74, 6) is -0.217. The minimum atomic E-state index is -0.481. The molecule has 0 saturated heterocycles. The summed E-state index contributed by atoms with van der Waals surface area (Å²) in [7, 11) is 0. The number of aromatic nitrogens is 1. The number of fused-ring (bicyclic) bond motifs is 1. The van der Waals surface area contributed by atoms with Gasteiger partial charge in [-0.1, -0.05) is 24.3 Å². The number of nitrogens with one attached hydrogen (secondary N) is 2. The second kappa shape index (κ2) is 7.44. The maximum atomic E-state index is 12.2. The van der Waals surface area contributed by atoms with E-state index in [1.807, 2.05) is 37.3 Å². The number of benzene rings is 2. The first-order valence-corrected chi connectivity index (χ1v) is 7.86. The number of amides is 2. The summed E-state index contributed by atoms with van der Waals surface area (Å²) in [4.78, 5) is 28.5. The number of hydrogen-bond acceptors (Lipinski definition) is 4. The third-order valence-corrected chi connectivity index (χ3v) is 3.55. The van der Waals surface area contributed by atoms with E-state index < -0.39 is 11.8 Å². The fourth-order valence-electron chi connectivity index (χ4n) is 2.31. The number of hydrazine groups is 1. The molecule has 0 aliphatic carbocycles. The Morgan fingerprint density at radius 2 is 1.64 bits per heavy atom. The van der Waals surface area contributed by atoms with Crippen LogP contribution in [0.25, 0.3) is 10.9 Å². The van der Waals surface area contributed by atoms with E-state index in [-0.39, 0.29) is 5.69 Å². The summed E-state index contributed by atoms with van der Waals surface area (Å²) in [6, 6.07) is 17.6. The molecule has 1 heterocycles. The van der Waals surface area contributed by atoms with E-state index in [1.165, 1.54) is 0 Å². The lowest BCUT2D eigenvalue weighted by Crippen LogP contribution is -2.41. The van der Waals surface area contributed by atoms with Gasteiger partial charge in [0.05, 0.1) is 12.1 Å². The van der Waals surface area contributed by atoms with Gasteiger partial charge in [-0.25, -0.2) is 4.98 Å². The summed E-state index contributed by atoms with van der Waals surface area (Å²) in [5, 5.41) is 0.942. The molecule has 3 aromatic rings. The van der Waals surface area contributed by atoms with Crippen molar-refractivity contribution in [1.29, 1.82) is 0 Å². The molecule has 126 valence electrons. The second-order valence-electron chi connectivity index (χ2n) is 5.25. The van der Waals surface area contributed by atoms with Crippen molar-refractivity contribution < 1.29 is 14.3 Å². The molecule has 0 atom stereocenters. The van der Waals surface area contributed by atoms with Gasteiger partial charge in [-0.3, -0.25) is 20.4 Å². The number of hydrogen-bond donors (Lipinski definition) is 2. The maximum Gasteiger partial charge on any atom is 0.288 e. The maximum absolute atomic E-state index is 12.2. The average molecular weight is 335 g/mol.